The summed E-state index contributed by atoms with van der Waals surface area (Å²) in [5.41, 5.74) is 1.05. The third-order valence-corrected chi connectivity index (χ3v) is 4.97. The second-order valence-electron chi connectivity index (χ2n) is 4.45. The van der Waals surface area contributed by atoms with E-state index < -0.39 is 5.97 Å². The van der Waals surface area contributed by atoms with Crippen LogP contribution in [0, 0.1) is 0 Å². The number of anilines is 1. The van der Waals surface area contributed by atoms with Crippen molar-refractivity contribution in [2.24, 2.45) is 0 Å². The van der Waals surface area contributed by atoms with Gasteiger partial charge < -0.3 is 10.4 Å². The molecule has 1 aliphatic rings. The largest absolute Gasteiger partial charge is 0.478 e. The van der Waals surface area contributed by atoms with E-state index in [4.69, 9.17) is 0 Å². The van der Waals surface area contributed by atoms with Crippen LogP contribution in [0.5, 0.6) is 0 Å². The van der Waals surface area contributed by atoms with Crippen molar-refractivity contribution in [3.8, 4) is 0 Å². The van der Waals surface area contributed by atoms with Crippen molar-refractivity contribution in [1.29, 1.82) is 0 Å². The van der Waals surface area contributed by atoms with Crippen molar-refractivity contribution in [2.75, 3.05) is 11.6 Å². The number of rotatable bonds is 4. The molecule has 0 aliphatic heterocycles. The molecular formula is C13H16BrNO2S. The summed E-state index contributed by atoms with van der Waals surface area (Å²) in [5, 5.41) is 13.2. The third kappa shape index (κ3) is 3.01. The van der Waals surface area contributed by atoms with E-state index in [2.05, 4.69) is 27.5 Å². The van der Waals surface area contributed by atoms with Crippen LogP contribution in [-0.4, -0.2) is 28.6 Å². The fraction of sp³-hybridized carbons (Fsp3) is 0.462. The summed E-state index contributed by atoms with van der Waals surface area (Å²) in [6.45, 7) is 0. The van der Waals surface area contributed by atoms with Crippen LogP contribution in [0.25, 0.3) is 0 Å². The van der Waals surface area contributed by atoms with Crippen molar-refractivity contribution in [3.63, 3.8) is 0 Å². The zero-order valence-electron chi connectivity index (χ0n) is 10.1. The van der Waals surface area contributed by atoms with E-state index in [-0.39, 0.29) is 0 Å². The number of benzene rings is 1. The van der Waals surface area contributed by atoms with Gasteiger partial charge in [-0.05, 0) is 37.3 Å². The average molecular weight is 330 g/mol. The van der Waals surface area contributed by atoms with Crippen LogP contribution in [0.2, 0.25) is 0 Å². The van der Waals surface area contributed by atoms with E-state index in [0.717, 1.165) is 10.9 Å². The van der Waals surface area contributed by atoms with Crippen LogP contribution in [-0.2, 0) is 0 Å². The highest BCUT2D eigenvalue weighted by atomic mass is 79.9. The molecular weight excluding hydrogens is 314 g/mol. The average Bonchev–Trinajstić information content (AvgIpc) is 2.76. The van der Waals surface area contributed by atoms with Gasteiger partial charge >= 0.3 is 5.97 Å². The van der Waals surface area contributed by atoms with Gasteiger partial charge in [0.05, 0.1) is 11.3 Å². The first-order chi connectivity index (χ1) is 8.61. The molecule has 1 aromatic rings. The van der Waals surface area contributed by atoms with Crippen molar-refractivity contribution in [3.05, 3.63) is 28.2 Å². The van der Waals surface area contributed by atoms with Crippen LogP contribution in [0.4, 0.5) is 5.69 Å². The smallest absolute Gasteiger partial charge is 0.337 e. The van der Waals surface area contributed by atoms with Gasteiger partial charge in [0.1, 0.15) is 0 Å². The number of carbonyl (C=O) groups is 1. The topological polar surface area (TPSA) is 49.3 Å². The molecule has 1 aromatic carbocycles. The lowest BCUT2D eigenvalue weighted by atomic mass is 10.1. The highest BCUT2D eigenvalue weighted by Gasteiger charge is 2.27. The van der Waals surface area contributed by atoms with Crippen LogP contribution >= 0.6 is 27.7 Å². The number of hydrogen-bond donors (Lipinski definition) is 2. The summed E-state index contributed by atoms with van der Waals surface area (Å²) in [6, 6.07) is 5.61. The normalized spacial score (nSPS) is 23.0. The highest BCUT2D eigenvalue weighted by Crippen LogP contribution is 2.32. The third-order valence-electron chi connectivity index (χ3n) is 3.31. The fourth-order valence-electron chi connectivity index (χ4n) is 2.40. The molecule has 0 amide bonds. The van der Waals surface area contributed by atoms with Crippen molar-refractivity contribution >= 4 is 39.3 Å². The Labute approximate surface area is 119 Å². The molecule has 1 saturated carbocycles. The van der Waals surface area contributed by atoms with Gasteiger partial charge in [0.2, 0.25) is 0 Å². The van der Waals surface area contributed by atoms with Gasteiger partial charge in [-0.3, -0.25) is 0 Å². The highest BCUT2D eigenvalue weighted by molar-refractivity contribution is 9.10. The lowest BCUT2D eigenvalue weighted by Gasteiger charge is -2.21. The number of hydrogen-bond acceptors (Lipinski definition) is 3. The quantitative estimate of drug-likeness (QED) is 0.881. The van der Waals surface area contributed by atoms with Gasteiger partial charge in [-0.15, -0.1) is 0 Å². The minimum atomic E-state index is -0.885. The monoisotopic (exact) mass is 329 g/mol. The minimum Gasteiger partial charge on any atom is -0.478 e. The molecule has 0 heterocycles. The molecule has 18 heavy (non-hydrogen) atoms. The van der Waals surface area contributed by atoms with Crippen LogP contribution in [0.3, 0.4) is 0 Å². The molecule has 1 fully saturated rings. The van der Waals surface area contributed by atoms with Crippen LogP contribution in [0.1, 0.15) is 29.6 Å². The van der Waals surface area contributed by atoms with E-state index in [9.17, 15) is 9.90 Å². The van der Waals surface area contributed by atoms with E-state index >= 15 is 0 Å². The molecule has 2 unspecified atom stereocenters. The molecule has 0 aromatic heterocycles. The SMILES string of the molecule is CSC1CCCC1Nc1cc(Br)ccc1C(=O)O. The van der Waals surface area contributed by atoms with E-state index in [1.165, 1.54) is 12.8 Å². The molecule has 98 valence electrons. The Hall–Kier alpha value is -0.680. The van der Waals surface area contributed by atoms with Crippen LogP contribution < -0.4 is 5.32 Å². The first-order valence-electron chi connectivity index (χ1n) is 5.94. The summed E-state index contributed by atoms with van der Waals surface area (Å²) in [4.78, 5) is 11.2. The molecule has 2 atom stereocenters. The zero-order valence-corrected chi connectivity index (χ0v) is 12.6. The van der Waals surface area contributed by atoms with E-state index in [1.54, 1.807) is 12.1 Å². The second kappa shape index (κ2) is 5.97. The molecule has 0 bridgehead atoms. The number of carboxylic acid groups (broad SMARTS) is 1. The van der Waals surface area contributed by atoms with Gasteiger partial charge in [-0.25, -0.2) is 4.79 Å². The van der Waals surface area contributed by atoms with Gasteiger partial charge in [0.15, 0.2) is 0 Å². The molecule has 2 N–H and O–H groups in total. The number of halogens is 1. The predicted octanol–water partition coefficient (Wildman–Crippen LogP) is 3.84. The molecule has 3 nitrogen and oxygen atoms in total. The standard InChI is InChI=1S/C13H16BrNO2S/c1-18-12-4-2-3-10(12)15-11-7-8(14)5-6-9(11)13(16)17/h5-7,10,12,15H,2-4H2,1H3,(H,16,17). The first-order valence-corrected chi connectivity index (χ1v) is 8.02. The lowest BCUT2D eigenvalue weighted by molar-refractivity contribution is 0.0698. The maximum absolute atomic E-state index is 11.2. The Morgan fingerprint density at radius 2 is 2.28 bits per heavy atom. The summed E-state index contributed by atoms with van der Waals surface area (Å²) in [7, 11) is 0. The summed E-state index contributed by atoms with van der Waals surface area (Å²) >= 11 is 5.25. The number of aromatic carboxylic acids is 1. The van der Waals surface area contributed by atoms with Gasteiger partial charge in [0, 0.05) is 15.8 Å². The van der Waals surface area contributed by atoms with E-state index in [0.29, 0.717) is 22.5 Å². The predicted molar refractivity (Wildman–Crippen MR) is 79.7 cm³/mol. The fourth-order valence-corrected chi connectivity index (χ4v) is 3.69. The summed E-state index contributed by atoms with van der Waals surface area (Å²) in [6.07, 6.45) is 5.63. The molecule has 0 saturated heterocycles. The Morgan fingerprint density at radius 1 is 1.50 bits per heavy atom. The molecule has 0 spiro atoms. The van der Waals surface area contributed by atoms with Crippen molar-refractivity contribution in [2.45, 2.75) is 30.6 Å². The Kier molecular flexibility index (Phi) is 4.56. The Bertz CT molecular complexity index is 453. The van der Waals surface area contributed by atoms with E-state index in [1.807, 2.05) is 17.8 Å². The summed E-state index contributed by atoms with van der Waals surface area (Å²) in [5.74, 6) is -0.885. The maximum atomic E-state index is 11.2. The Balaban J connectivity index is 2.22. The van der Waals surface area contributed by atoms with Crippen LogP contribution in [0.15, 0.2) is 22.7 Å². The number of thioether (sulfide) groups is 1. The van der Waals surface area contributed by atoms with Gasteiger partial charge in [0.25, 0.3) is 0 Å². The zero-order chi connectivity index (χ0) is 13.1. The van der Waals surface area contributed by atoms with Gasteiger partial charge in [-0.2, -0.15) is 11.8 Å². The lowest BCUT2D eigenvalue weighted by Crippen LogP contribution is -2.26. The number of carboxylic acids is 1. The molecule has 1 aliphatic carbocycles. The number of nitrogens with one attached hydrogen (secondary N) is 1. The summed E-state index contributed by atoms with van der Waals surface area (Å²) < 4.78 is 0.897. The first kappa shape index (κ1) is 13.7. The molecule has 5 heteroatoms. The molecule has 2 rings (SSSR count). The van der Waals surface area contributed by atoms with Gasteiger partial charge in [-0.1, -0.05) is 22.4 Å². The molecule has 0 radical (unpaired) electrons. The second-order valence-corrected chi connectivity index (χ2v) is 6.44. The maximum Gasteiger partial charge on any atom is 0.337 e. The Morgan fingerprint density at radius 3 is 2.94 bits per heavy atom. The van der Waals surface area contributed by atoms with Crippen molar-refractivity contribution < 1.29 is 9.90 Å². The van der Waals surface area contributed by atoms with Crippen molar-refractivity contribution in [1.82, 2.24) is 0 Å². The minimum absolute atomic E-state index is 0.338.